The van der Waals surface area contributed by atoms with Crippen molar-refractivity contribution in [2.75, 3.05) is 24.2 Å². The lowest BCUT2D eigenvalue weighted by molar-refractivity contribution is -0.119. The Kier molecular flexibility index (Phi) is 9.26. The standard InChI is InChI=1S/C28H27Cl2N5O2S2/c29-22-8-3-18(14-23(22)30)15-35-12-9-21(10-13-35)32-26(36)17-39-28-34-25(16-38-28)19-4-6-20(7-5-19)33-27(37)24-2-1-11-31-24/h1-8,11,14,16,21,31H,9-10,12-13,15,17H2,(H,32,36)(H,33,37). The number of rotatable bonds is 9. The smallest absolute Gasteiger partial charge is 0.272 e. The molecule has 1 aliphatic heterocycles. The van der Waals surface area contributed by atoms with Gasteiger partial charge in [0.25, 0.3) is 5.91 Å². The quantitative estimate of drug-likeness (QED) is 0.189. The van der Waals surface area contributed by atoms with E-state index in [2.05, 4.69) is 25.5 Å². The van der Waals surface area contributed by atoms with Crippen molar-refractivity contribution < 1.29 is 9.59 Å². The molecule has 2 aromatic heterocycles. The number of thioether (sulfide) groups is 1. The van der Waals surface area contributed by atoms with Crippen molar-refractivity contribution in [2.24, 2.45) is 0 Å². The second-order valence-corrected chi connectivity index (χ2v) is 12.2. The first-order valence-corrected chi connectivity index (χ1v) is 15.1. The summed E-state index contributed by atoms with van der Waals surface area (Å²) in [5.74, 6) is 0.175. The van der Waals surface area contributed by atoms with Gasteiger partial charge in [-0.1, -0.05) is 53.2 Å². The van der Waals surface area contributed by atoms with E-state index in [9.17, 15) is 9.59 Å². The maximum Gasteiger partial charge on any atom is 0.272 e. The van der Waals surface area contributed by atoms with Crippen LogP contribution in [0.2, 0.25) is 10.0 Å². The number of anilines is 1. The number of amides is 2. The fraction of sp³-hybridized carbons (Fsp3) is 0.250. The second kappa shape index (κ2) is 13.0. The molecule has 3 heterocycles. The third-order valence-corrected chi connectivity index (χ3v) is 9.19. The molecule has 1 saturated heterocycles. The molecule has 11 heteroatoms. The van der Waals surface area contributed by atoms with Gasteiger partial charge in [0.1, 0.15) is 5.69 Å². The highest BCUT2D eigenvalue weighted by Gasteiger charge is 2.21. The van der Waals surface area contributed by atoms with Crippen LogP contribution in [-0.4, -0.2) is 51.6 Å². The van der Waals surface area contributed by atoms with Gasteiger partial charge in [-0.2, -0.15) is 0 Å². The molecule has 0 atom stereocenters. The number of piperidine rings is 1. The third kappa shape index (κ3) is 7.64. The molecular formula is C28H27Cl2N5O2S2. The summed E-state index contributed by atoms with van der Waals surface area (Å²) < 4.78 is 0.848. The van der Waals surface area contributed by atoms with Crippen LogP contribution in [0.1, 0.15) is 28.9 Å². The predicted molar refractivity (Wildman–Crippen MR) is 160 cm³/mol. The largest absolute Gasteiger partial charge is 0.357 e. The van der Waals surface area contributed by atoms with Crippen LogP contribution in [-0.2, 0) is 11.3 Å². The van der Waals surface area contributed by atoms with E-state index in [-0.39, 0.29) is 17.9 Å². The van der Waals surface area contributed by atoms with Gasteiger partial charge in [-0.3, -0.25) is 14.5 Å². The number of likely N-dealkylation sites (tertiary alicyclic amines) is 1. The van der Waals surface area contributed by atoms with Crippen LogP contribution in [0, 0.1) is 0 Å². The van der Waals surface area contributed by atoms with Crippen molar-refractivity contribution in [3.8, 4) is 11.3 Å². The van der Waals surface area contributed by atoms with Gasteiger partial charge in [0.15, 0.2) is 4.34 Å². The van der Waals surface area contributed by atoms with Gasteiger partial charge in [-0.15, -0.1) is 11.3 Å². The fourth-order valence-corrected chi connectivity index (χ4v) is 6.35. The van der Waals surface area contributed by atoms with Crippen LogP contribution in [0.3, 0.4) is 0 Å². The number of carbonyl (C=O) groups excluding carboxylic acids is 2. The molecule has 0 aliphatic carbocycles. The molecule has 202 valence electrons. The lowest BCUT2D eigenvalue weighted by Crippen LogP contribution is -2.44. The number of nitrogens with zero attached hydrogens (tertiary/aromatic N) is 2. The molecule has 39 heavy (non-hydrogen) atoms. The van der Waals surface area contributed by atoms with Gasteiger partial charge in [0.2, 0.25) is 5.91 Å². The molecule has 2 aromatic carbocycles. The van der Waals surface area contributed by atoms with Crippen molar-refractivity contribution in [2.45, 2.75) is 29.8 Å². The van der Waals surface area contributed by atoms with Gasteiger partial charge in [-0.05, 0) is 54.8 Å². The normalized spacial score (nSPS) is 14.3. The highest BCUT2D eigenvalue weighted by Crippen LogP contribution is 2.29. The number of H-pyrrole nitrogens is 1. The van der Waals surface area contributed by atoms with Gasteiger partial charge in [-0.25, -0.2) is 4.98 Å². The fourth-order valence-electron chi connectivity index (χ4n) is 4.38. The average molecular weight is 601 g/mol. The van der Waals surface area contributed by atoms with Crippen LogP contribution in [0.5, 0.6) is 0 Å². The number of hydrogen-bond donors (Lipinski definition) is 3. The molecule has 4 aromatic rings. The molecular weight excluding hydrogens is 573 g/mol. The number of carbonyl (C=O) groups is 2. The summed E-state index contributed by atoms with van der Waals surface area (Å²) >= 11 is 15.1. The van der Waals surface area contributed by atoms with Crippen LogP contribution in [0.15, 0.2) is 70.5 Å². The molecule has 5 rings (SSSR count). The maximum atomic E-state index is 12.6. The zero-order valence-corrected chi connectivity index (χ0v) is 24.1. The van der Waals surface area contributed by atoms with E-state index in [0.717, 1.165) is 53.6 Å². The summed E-state index contributed by atoms with van der Waals surface area (Å²) in [6.45, 7) is 2.66. The number of aromatic nitrogens is 2. The van der Waals surface area contributed by atoms with Crippen molar-refractivity contribution in [1.82, 2.24) is 20.2 Å². The van der Waals surface area contributed by atoms with Crippen LogP contribution < -0.4 is 10.6 Å². The van der Waals surface area contributed by atoms with Gasteiger partial charge in [0, 0.05) is 48.5 Å². The molecule has 0 unspecified atom stereocenters. The molecule has 3 N–H and O–H groups in total. The summed E-state index contributed by atoms with van der Waals surface area (Å²) in [5.41, 5.74) is 4.16. The first kappa shape index (κ1) is 27.7. The SMILES string of the molecule is O=C(CSc1nc(-c2ccc(NC(=O)c3ccc[nH]3)cc2)cs1)NC1CCN(Cc2ccc(Cl)c(Cl)c2)CC1. The van der Waals surface area contributed by atoms with Crippen molar-refractivity contribution in [3.05, 3.63) is 87.5 Å². The van der Waals surface area contributed by atoms with Crippen LogP contribution in [0.4, 0.5) is 5.69 Å². The van der Waals surface area contributed by atoms with Gasteiger partial charge in [0.05, 0.1) is 21.5 Å². The van der Waals surface area contributed by atoms with E-state index in [1.54, 1.807) is 18.3 Å². The Bertz CT molecular complexity index is 1420. The average Bonchev–Trinajstić information content (AvgIpc) is 3.64. The summed E-state index contributed by atoms with van der Waals surface area (Å²) in [7, 11) is 0. The summed E-state index contributed by atoms with van der Waals surface area (Å²) in [4.78, 5) is 34.7. The summed E-state index contributed by atoms with van der Waals surface area (Å²) in [6.07, 6.45) is 3.55. The lowest BCUT2D eigenvalue weighted by atomic mass is 10.0. The van der Waals surface area contributed by atoms with E-state index in [1.807, 2.05) is 47.8 Å². The number of benzene rings is 2. The van der Waals surface area contributed by atoms with E-state index in [1.165, 1.54) is 23.1 Å². The number of aromatic amines is 1. The first-order chi connectivity index (χ1) is 18.9. The van der Waals surface area contributed by atoms with Crippen LogP contribution in [0.25, 0.3) is 11.3 Å². The Hall–Kier alpha value is -2.82. The van der Waals surface area contributed by atoms with E-state index in [0.29, 0.717) is 27.2 Å². The Morgan fingerprint density at radius 2 is 1.87 bits per heavy atom. The highest BCUT2D eigenvalue weighted by molar-refractivity contribution is 8.01. The molecule has 0 spiro atoms. The molecule has 0 saturated carbocycles. The molecule has 2 amide bonds. The van der Waals surface area contributed by atoms with E-state index >= 15 is 0 Å². The van der Waals surface area contributed by atoms with Crippen molar-refractivity contribution >= 4 is 63.8 Å². The first-order valence-electron chi connectivity index (χ1n) is 12.5. The Balaban J connectivity index is 1.04. The zero-order chi connectivity index (χ0) is 27.2. The zero-order valence-electron chi connectivity index (χ0n) is 21.0. The second-order valence-electron chi connectivity index (χ2n) is 9.27. The topological polar surface area (TPSA) is 90.1 Å². The third-order valence-electron chi connectivity index (χ3n) is 6.43. The highest BCUT2D eigenvalue weighted by atomic mass is 35.5. The molecule has 0 bridgehead atoms. The monoisotopic (exact) mass is 599 g/mol. The van der Waals surface area contributed by atoms with Gasteiger partial charge < -0.3 is 15.6 Å². The predicted octanol–water partition coefficient (Wildman–Crippen LogP) is 6.57. The Labute approximate surface area is 245 Å². The van der Waals surface area contributed by atoms with Crippen molar-refractivity contribution in [1.29, 1.82) is 0 Å². The summed E-state index contributed by atoms with van der Waals surface area (Å²) in [5, 5.41) is 9.17. The van der Waals surface area contributed by atoms with E-state index in [4.69, 9.17) is 23.2 Å². The molecule has 0 radical (unpaired) electrons. The minimum atomic E-state index is -0.188. The number of hydrogen-bond acceptors (Lipinski definition) is 6. The minimum Gasteiger partial charge on any atom is -0.357 e. The van der Waals surface area contributed by atoms with E-state index < -0.39 is 0 Å². The van der Waals surface area contributed by atoms with Gasteiger partial charge >= 0.3 is 0 Å². The van der Waals surface area contributed by atoms with Crippen molar-refractivity contribution in [3.63, 3.8) is 0 Å². The molecule has 1 fully saturated rings. The van der Waals surface area contributed by atoms with Crippen LogP contribution >= 0.6 is 46.3 Å². The molecule has 7 nitrogen and oxygen atoms in total. The Morgan fingerprint density at radius 3 is 2.59 bits per heavy atom. The minimum absolute atomic E-state index is 0.0295. The molecule has 1 aliphatic rings. The maximum absolute atomic E-state index is 12.6. The lowest BCUT2D eigenvalue weighted by Gasteiger charge is -2.32. The number of halogens is 2. The Morgan fingerprint density at radius 1 is 1.08 bits per heavy atom. The number of thiazole rings is 1. The number of nitrogens with one attached hydrogen (secondary N) is 3. The summed E-state index contributed by atoms with van der Waals surface area (Å²) in [6, 6.07) is 17.0.